The number of ether oxygens (including phenoxy) is 2. The van der Waals surface area contributed by atoms with E-state index in [-0.39, 0.29) is 46.9 Å². The van der Waals surface area contributed by atoms with E-state index in [9.17, 15) is 19.5 Å². The SMILES string of the molecule is C[C@]12CC[C@H](OC(=O)OCCN3CCNC(=O)C3)C[C@H]1CC[C@@H]1[C@@H]2CC[C@]2(C)[C@@H](c3ccc(=O)oc3)[CH]C[C@]12O. The third-order valence-electron chi connectivity index (χ3n) is 11.7. The number of nitrogens with zero attached hydrogens (tertiary/aromatic N) is 1. The molecule has 219 valence electrons. The monoisotopic (exact) mass is 555 g/mol. The van der Waals surface area contributed by atoms with E-state index in [1.165, 1.54) is 6.07 Å². The van der Waals surface area contributed by atoms with Gasteiger partial charge < -0.3 is 24.3 Å². The third-order valence-corrected chi connectivity index (χ3v) is 11.7. The molecule has 4 saturated carbocycles. The second-order valence-corrected chi connectivity index (χ2v) is 13.4. The van der Waals surface area contributed by atoms with Crippen LogP contribution in [0, 0.1) is 35.0 Å². The van der Waals surface area contributed by atoms with Crippen LogP contribution in [0.25, 0.3) is 0 Å². The molecule has 1 aromatic rings. The number of hydrogen-bond acceptors (Lipinski definition) is 8. The molecule has 6 rings (SSSR count). The number of hydrogen-bond donors (Lipinski definition) is 2. The first-order valence-corrected chi connectivity index (χ1v) is 15.1. The summed E-state index contributed by atoms with van der Waals surface area (Å²) in [5.74, 6) is 1.17. The van der Waals surface area contributed by atoms with E-state index in [0.29, 0.717) is 37.9 Å². The number of nitrogens with one attached hydrogen (secondary N) is 1. The summed E-state index contributed by atoms with van der Waals surface area (Å²) in [7, 11) is 0. The van der Waals surface area contributed by atoms with E-state index < -0.39 is 11.8 Å². The quantitative estimate of drug-likeness (QED) is 0.529. The Hall–Kier alpha value is -2.39. The predicted octanol–water partition coefficient (Wildman–Crippen LogP) is 3.65. The van der Waals surface area contributed by atoms with Crippen LogP contribution in [0.15, 0.2) is 27.6 Å². The lowest BCUT2D eigenvalue weighted by Crippen LogP contribution is -2.62. The average Bonchev–Trinajstić information content (AvgIpc) is 3.20. The number of rotatable bonds is 5. The molecule has 1 aliphatic heterocycles. The minimum atomic E-state index is -0.781. The molecule has 1 aromatic heterocycles. The van der Waals surface area contributed by atoms with Crippen LogP contribution in [0.2, 0.25) is 0 Å². The molecule has 0 bridgehead atoms. The van der Waals surface area contributed by atoms with Crippen LogP contribution in [0.5, 0.6) is 0 Å². The minimum Gasteiger partial charge on any atom is -0.433 e. The van der Waals surface area contributed by atoms with Gasteiger partial charge in [0.1, 0.15) is 12.7 Å². The van der Waals surface area contributed by atoms with Crippen molar-refractivity contribution in [3.63, 3.8) is 0 Å². The van der Waals surface area contributed by atoms with E-state index in [1.807, 2.05) is 11.0 Å². The van der Waals surface area contributed by atoms with Gasteiger partial charge in [0.15, 0.2) is 0 Å². The fraction of sp³-hybridized carbons (Fsp3) is 0.742. The summed E-state index contributed by atoms with van der Waals surface area (Å²) >= 11 is 0. The molecule has 9 nitrogen and oxygen atoms in total. The first-order chi connectivity index (χ1) is 19.1. The first kappa shape index (κ1) is 27.8. The van der Waals surface area contributed by atoms with Gasteiger partial charge in [-0.05, 0) is 98.5 Å². The summed E-state index contributed by atoms with van der Waals surface area (Å²) in [5, 5.41) is 15.2. The van der Waals surface area contributed by atoms with Crippen molar-refractivity contribution in [2.75, 3.05) is 32.8 Å². The number of carbonyl (C=O) groups excluding carboxylic acids is 2. The maximum Gasteiger partial charge on any atom is 0.508 e. The summed E-state index contributed by atoms with van der Waals surface area (Å²) < 4.78 is 16.3. The number of amides is 1. The van der Waals surface area contributed by atoms with E-state index in [4.69, 9.17) is 13.9 Å². The third kappa shape index (κ3) is 4.67. The minimum absolute atomic E-state index is 0.000420. The second-order valence-electron chi connectivity index (χ2n) is 13.4. The fourth-order valence-corrected chi connectivity index (χ4v) is 9.39. The van der Waals surface area contributed by atoms with E-state index >= 15 is 0 Å². The number of carbonyl (C=O) groups is 2. The number of aliphatic hydroxyl groups is 1. The number of fused-ring (bicyclic) bond motifs is 5. The van der Waals surface area contributed by atoms with Crippen LogP contribution in [0.4, 0.5) is 4.79 Å². The van der Waals surface area contributed by atoms with Crippen molar-refractivity contribution in [1.29, 1.82) is 0 Å². The Labute approximate surface area is 236 Å². The van der Waals surface area contributed by atoms with Crippen molar-refractivity contribution < 1.29 is 28.6 Å². The van der Waals surface area contributed by atoms with Gasteiger partial charge in [0.2, 0.25) is 5.91 Å². The predicted molar refractivity (Wildman–Crippen MR) is 146 cm³/mol. The highest BCUT2D eigenvalue weighted by molar-refractivity contribution is 5.78. The summed E-state index contributed by atoms with van der Waals surface area (Å²) in [4.78, 5) is 37.5. The molecule has 0 spiro atoms. The van der Waals surface area contributed by atoms with Crippen LogP contribution in [-0.4, -0.2) is 66.6 Å². The van der Waals surface area contributed by atoms with Gasteiger partial charge in [0.05, 0.1) is 18.4 Å². The molecule has 4 aliphatic carbocycles. The fourth-order valence-electron chi connectivity index (χ4n) is 9.39. The van der Waals surface area contributed by atoms with Gasteiger partial charge in [0, 0.05) is 31.1 Å². The Morgan fingerprint density at radius 2 is 2.00 bits per heavy atom. The highest BCUT2D eigenvalue weighted by atomic mass is 16.7. The standard InChI is InChI=1S/C31H43N2O7/c1-29-10-7-22(40-28(36)38-16-15-33-14-13-32-26(34)18-33)17-21(29)4-5-25-24(29)8-11-30(2)23(9-12-31(25,30)37)20-3-6-27(35)39-19-20/h3,6,9,19,21-25,37H,4-5,7-8,10-18H2,1-2H3,(H,32,34)/t21-,22+,23-,24+,25-,29+,30-,31+/m1/s1. The molecule has 9 heteroatoms. The van der Waals surface area contributed by atoms with E-state index in [1.54, 1.807) is 6.26 Å². The lowest BCUT2D eigenvalue weighted by Gasteiger charge is -2.63. The van der Waals surface area contributed by atoms with Crippen LogP contribution in [0.3, 0.4) is 0 Å². The second kappa shape index (κ2) is 10.5. The Bertz CT molecular complexity index is 1170. The zero-order valence-corrected chi connectivity index (χ0v) is 23.7. The van der Waals surface area contributed by atoms with E-state index in [2.05, 4.69) is 25.6 Å². The summed E-state index contributed by atoms with van der Waals surface area (Å²) in [5.41, 5.74) is -0.341. The molecule has 5 fully saturated rings. The van der Waals surface area contributed by atoms with Gasteiger partial charge in [-0.15, -0.1) is 0 Å². The molecule has 0 unspecified atom stereocenters. The molecular formula is C31H43N2O7. The summed E-state index contributed by atoms with van der Waals surface area (Å²) in [6, 6.07) is 3.33. The normalized spacial score (nSPS) is 41.3. The van der Waals surface area contributed by atoms with Gasteiger partial charge in [0.25, 0.3) is 0 Å². The molecule has 1 saturated heterocycles. The van der Waals surface area contributed by atoms with E-state index in [0.717, 1.165) is 57.1 Å². The molecule has 0 aromatic carbocycles. The van der Waals surface area contributed by atoms with Crippen LogP contribution >= 0.6 is 0 Å². The summed E-state index contributed by atoms with van der Waals surface area (Å²) in [6.45, 7) is 7.09. The molecular weight excluding hydrogens is 512 g/mol. The van der Waals surface area contributed by atoms with Gasteiger partial charge in [-0.3, -0.25) is 9.69 Å². The molecule has 2 heterocycles. The molecule has 8 atom stereocenters. The van der Waals surface area contributed by atoms with Gasteiger partial charge >= 0.3 is 11.8 Å². The highest BCUT2D eigenvalue weighted by Gasteiger charge is 2.67. The van der Waals surface area contributed by atoms with Crippen molar-refractivity contribution in [2.24, 2.45) is 28.6 Å². The zero-order chi connectivity index (χ0) is 28.1. The lowest BCUT2D eigenvalue weighted by molar-refractivity contribution is -0.205. The van der Waals surface area contributed by atoms with Crippen molar-refractivity contribution in [2.45, 2.75) is 82.8 Å². The molecule has 40 heavy (non-hydrogen) atoms. The van der Waals surface area contributed by atoms with Crippen molar-refractivity contribution in [3.05, 3.63) is 40.8 Å². The maximum atomic E-state index is 12.5. The summed E-state index contributed by atoms with van der Waals surface area (Å²) in [6.07, 6.45) is 10.4. The topological polar surface area (TPSA) is 118 Å². The molecule has 1 amide bonds. The van der Waals surface area contributed by atoms with Gasteiger partial charge in [-0.25, -0.2) is 9.59 Å². The molecule has 2 N–H and O–H groups in total. The molecule has 1 radical (unpaired) electrons. The Morgan fingerprint density at radius 3 is 2.77 bits per heavy atom. The van der Waals surface area contributed by atoms with Crippen LogP contribution in [-0.2, 0) is 14.3 Å². The maximum absolute atomic E-state index is 12.5. The van der Waals surface area contributed by atoms with Crippen LogP contribution in [0.1, 0.15) is 76.7 Å². The van der Waals surface area contributed by atoms with Gasteiger partial charge in [-0.1, -0.05) is 13.8 Å². The lowest BCUT2D eigenvalue weighted by atomic mass is 9.43. The smallest absolute Gasteiger partial charge is 0.433 e. The van der Waals surface area contributed by atoms with Crippen molar-refractivity contribution >= 4 is 12.1 Å². The molecule has 5 aliphatic rings. The Balaban J connectivity index is 1.06. The average molecular weight is 556 g/mol. The Kier molecular flexibility index (Phi) is 7.26. The number of piperazine rings is 1. The Morgan fingerprint density at radius 1 is 1.15 bits per heavy atom. The zero-order valence-electron chi connectivity index (χ0n) is 23.7. The van der Waals surface area contributed by atoms with Crippen molar-refractivity contribution in [1.82, 2.24) is 10.2 Å². The van der Waals surface area contributed by atoms with Crippen LogP contribution < -0.4 is 10.9 Å². The first-order valence-electron chi connectivity index (χ1n) is 15.1. The highest BCUT2D eigenvalue weighted by Crippen LogP contribution is 2.70. The van der Waals surface area contributed by atoms with Crippen molar-refractivity contribution in [3.8, 4) is 0 Å². The van der Waals surface area contributed by atoms with Gasteiger partial charge in [-0.2, -0.15) is 0 Å². The largest absolute Gasteiger partial charge is 0.508 e.